The van der Waals surface area contributed by atoms with E-state index in [9.17, 15) is 0 Å². The lowest BCUT2D eigenvalue weighted by atomic mass is 10.1. The maximum atomic E-state index is 6.08. The van der Waals surface area contributed by atoms with Gasteiger partial charge in [-0.15, -0.1) is 0 Å². The number of nitrogens with zero attached hydrogens (tertiary/aromatic N) is 1. The molecule has 0 spiro atoms. The van der Waals surface area contributed by atoms with Crippen LogP contribution < -0.4 is 5.19 Å². The molecule has 0 unspecified atom stereocenters. The van der Waals surface area contributed by atoms with Gasteiger partial charge in [-0.05, 0) is 25.1 Å². The third-order valence-electron chi connectivity index (χ3n) is 4.74. The standard InChI is InChI=1S/C17H27NOSi/c1-6-20(7-2,8-3)15-12-10-9-11-14(15)16-18-13-17(4,5)19-16/h9-12H,6-8,13H2,1-5H3. The summed E-state index contributed by atoms with van der Waals surface area (Å²) in [5.74, 6) is 0.859. The van der Waals surface area contributed by atoms with Gasteiger partial charge in [-0.25, -0.2) is 4.99 Å². The Hall–Kier alpha value is -1.09. The molecule has 0 saturated heterocycles. The Morgan fingerprint density at radius 3 is 2.20 bits per heavy atom. The Kier molecular flexibility index (Phi) is 4.38. The van der Waals surface area contributed by atoms with E-state index in [-0.39, 0.29) is 5.60 Å². The number of benzene rings is 1. The van der Waals surface area contributed by atoms with Crippen molar-refractivity contribution in [2.24, 2.45) is 4.99 Å². The van der Waals surface area contributed by atoms with Crippen LogP contribution in [0.15, 0.2) is 29.3 Å². The van der Waals surface area contributed by atoms with Crippen molar-refractivity contribution < 1.29 is 4.74 Å². The monoisotopic (exact) mass is 289 g/mol. The van der Waals surface area contributed by atoms with Gasteiger partial charge < -0.3 is 4.74 Å². The molecule has 0 aliphatic carbocycles. The highest BCUT2D eigenvalue weighted by Gasteiger charge is 2.35. The zero-order valence-corrected chi connectivity index (χ0v) is 14.5. The van der Waals surface area contributed by atoms with Gasteiger partial charge in [0.2, 0.25) is 5.90 Å². The van der Waals surface area contributed by atoms with Crippen LogP contribution >= 0.6 is 0 Å². The quantitative estimate of drug-likeness (QED) is 0.752. The predicted octanol–water partition coefficient (Wildman–Crippen LogP) is 3.96. The summed E-state index contributed by atoms with van der Waals surface area (Å²) < 4.78 is 6.08. The zero-order chi connectivity index (χ0) is 14.8. The summed E-state index contributed by atoms with van der Waals surface area (Å²) in [5, 5.41) is 1.53. The normalized spacial score (nSPS) is 17.8. The average Bonchev–Trinajstić information content (AvgIpc) is 2.82. The molecule has 20 heavy (non-hydrogen) atoms. The molecule has 0 atom stereocenters. The molecular weight excluding hydrogens is 262 g/mol. The minimum Gasteiger partial charge on any atom is -0.469 e. The molecule has 0 fully saturated rings. The van der Waals surface area contributed by atoms with Crippen molar-refractivity contribution in [2.75, 3.05) is 6.54 Å². The van der Waals surface area contributed by atoms with E-state index >= 15 is 0 Å². The summed E-state index contributed by atoms with van der Waals surface area (Å²) in [6.07, 6.45) is 0. The van der Waals surface area contributed by atoms with Crippen LogP contribution in [0.25, 0.3) is 0 Å². The molecule has 1 aromatic carbocycles. The van der Waals surface area contributed by atoms with E-state index in [2.05, 4.69) is 63.9 Å². The van der Waals surface area contributed by atoms with Gasteiger partial charge in [0.15, 0.2) is 0 Å². The third kappa shape index (κ3) is 2.69. The highest BCUT2D eigenvalue weighted by atomic mass is 28.3. The van der Waals surface area contributed by atoms with Crippen LogP contribution in [-0.4, -0.2) is 26.1 Å². The van der Waals surface area contributed by atoms with E-state index in [1.165, 1.54) is 28.9 Å². The first kappa shape index (κ1) is 15.3. The van der Waals surface area contributed by atoms with Crippen molar-refractivity contribution >= 4 is 19.2 Å². The molecule has 0 radical (unpaired) electrons. The fraction of sp³-hybridized carbons (Fsp3) is 0.588. The topological polar surface area (TPSA) is 21.6 Å². The highest BCUT2D eigenvalue weighted by Crippen LogP contribution is 2.25. The van der Waals surface area contributed by atoms with Crippen LogP contribution in [0.3, 0.4) is 0 Å². The minimum atomic E-state index is -1.41. The molecule has 0 amide bonds. The summed E-state index contributed by atoms with van der Waals surface area (Å²) in [6, 6.07) is 12.6. The van der Waals surface area contributed by atoms with Gasteiger partial charge in [-0.3, -0.25) is 0 Å². The van der Waals surface area contributed by atoms with Crippen LogP contribution in [0, 0.1) is 0 Å². The summed E-state index contributed by atoms with van der Waals surface area (Å²) in [4.78, 5) is 4.65. The van der Waals surface area contributed by atoms with Gasteiger partial charge in [-0.1, -0.05) is 57.1 Å². The SMILES string of the molecule is CC[Si](CC)(CC)c1ccccc1C1=NCC(C)(C)O1. The van der Waals surface area contributed by atoms with Gasteiger partial charge in [0.05, 0.1) is 14.6 Å². The Balaban J connectivity index is 2.47. The number of hydrogen-bond donors (Lipinski definition) is 0. The molecule has 0 saturated carbocycles. The first-order chi connectivity index (χ1) is 9.48. The van der Waals surface area contributed by atoms with E-state index in [1.807, 2.05) is 0 Å². The van der Waals surface area contributed by atoms with E-state index < -0.39 is 8.07 Å². The van der Waals surface area contributed by atoms with Crippen molar-refractivity contribution in [2.45, 2.75) is 58.4 Å². The van der Waals surface area contributed by atoms with Crippen molar-refractivity contribution in [3.63, 3.8) is 0 Å². The van der Waals surface area contributed by atoms with Crippen LogP contribution in [-0.2, 0) is 4.74 Å². The molecule has 1 aliphatic heterocycles. The Labute approximate surface area is 124 Å². The second-order valence-electron chi connectivity index (χ2n) is 6.37. The van der Waals surface area contributed by atoms with Crippen molar-refractivity contribution in [3.8, 4) is 0 Å². The fourth-order valence-corrected chi connectivity index (χ4v) is 7.04. The van der Waals surface area contributed by atoms with Crippen molar-refractivity contribution in [3.05, 3.63) is 29.8 Å². The Morgan fingerprint density at radius 1 is 1.10 bits per heavy atom. The molecule has 1 heterocycles. The first-order valence-corrected chi connectivity index (χ1v) is 10.4. The molecule has 2 rings (SSSR count). The van der Waals surface area contributed by atoms with Crippen molar-refractivity contribution in [1.29, 1.82) is 0 Å². The van der Waals surface area contributed by atoms with Crippen LogP contribution in [0.1, 0.15) is 40.2 Å². The van der Waals surface area contributed by atoms with Crippen LogP contribution in [0.2, 0.25) is 18.1 Å². The first-order valence-electron chi connectivity index (χ1n) is 7.81. The van der Waals surface area contributed by atoms with Crippen LogP contribution in [0.4, 0.5) is 0 Å². The molecule has 0 N–H and O–H groups in total. The number of hydrogen-bond acceptors (Lipinski definition) is 2. The number of aliphatic imine (C=N–C) groups is 1. The molecular formula is C17H27NOSi. The fourth-order valence-electron chi connectivity index (χ4n) is 3.18. The molecule has 0 bridgehead atoms. The maximum absolute atomic E-state index is 6.08. The molecule has 1 aromatic rings. The maximum Gasteiger partial charge on any atom is 0.216 e. The van der Waals surface area contributed by atoms with Gasteiger partial charge >= 0.3 is 0 Å². The second kappa shape index (κ2) is 5.72. The molecule has 110 valence electrons. The van der Waals surface area contributed by atoms with E-state index in [1.54, 1.807) is 0 Å². The Bertz CT molecular complexity index is 495. The van der Waals surface area contributed by atoms with Gasteiger partial charge in [0.25, 0.3) is 0 Å². The van der Waals surface area contributed by atoms with Gasteiger partial charge in [0, 0.05) is 5.56 Å². The largest absolute Gasteiger partial charge is 0.469 e. The molecule has 1 aliphatic rings. The predicted molar refractivity (Wildman–Crippen MR) is 89.8 cm³/mol. The zero-order valence-electron chi connectivity index (χ0n) is 13.5. The molecule has 3 heteroatoms. The number of ether oxygens (including phenoxy) is 1. The summed E-state index contributed by atoms with van der Waals surface area (Å²) in [6.45, 7) is 12.0. The van der Waals surface area contributed by atoms with Crippen molar-refractivity contribution in [1.82, 2.24) is 0 Å². The lowest BCUT2D eigenvalue weighted by Crippen LogP contribution is -2.48. The average molecular weight is 289 g/mol. The lowest BCUT2D eigenvalue weighted by molar-refractivity contribution is 0.131. The van der Waals surface area contributed by atoms with Crippen LogP contribution in [0.5, 0.6) is 0 Å². The summed E-state index contributed by atoms with van der Waals surface area (Å²) in [5.41, 5.74) is 1.09. The smallest absolute Gasteiger partial charge is 0.216 e. The number of rotatable bonds is 5. The Morgan fingerprint density at radius 2 is 1.70 bits per heavy atom. The summed E-state index contributed by atoms with van der Waals surface area (Å²) in [7, 11) is -1.41. The summed E-state index contributed by atoms with van der Waals surface area (Å²) >= 11 is 0. The van der Waals surface area contributed by atoms with Gasteiger partial charge in [-0.2, -0.15) is 0 Å². The van der Waals surface area contributed by atoms with Gasteiger partial charge in [0.1, 0.15) is 5.60 Å². The highest BCUT2D eigenvalue weighted by molar-refractivity contribution is 6.92. The minimum absolute atomic E-state index is 0.155. The second-order valence-corrected chi connectivity index (χ2v) is 11.6. The van der Waals surface area contributed by atoms with E-state index in [0.717, 1.165) is 12.4 Å². The third-order valence-corrected chi connectivity index (χ3v) is 10.4. The molecule has 2 nitrogen and oxygen atoms in total. The lowest BCUT2D eigenvalue weighted by Gasteiger charge is -2.31. The van der Waals surface area contributed by atoms with E-state index in [4.69, 9.17) is 4.74 Å². The van der Waals surface area contributed by atoms with E-state index in [0.29, 0.717) is 0 Å². The molecule has 0 aromatic heterocycles.